The van der Waals surface area contributed by atoms with Gasteiger partial charge in [0.25, 0.3) is 0 Å². The highest BCUT2D eigenvalue weighted by Crippen LogP contribution is 2.21. The van der Waals surface area contributed by atoms with Crippen LogP contribution in [0.15, 0.2) is 29.4 Å². The Hall–Kier alpha value is -1.86. The molecule has 28 heavy (non-hydrogen) atoms. The molecule has 0 aliphatic carbocycles. The van der Waals surface area contributed by atoms with Crippen LogP contribution in [-0.4, -0.2) is 81.5 Å². The predicted molar refractivity (Wildman–Crippen MR) is 113 cm³/mol. The van der Waals surface area contributed by atoms with Crippen molar-refractivity contribution in [3.05, 3.63) is 24.4 Å². The minimum absolute atomic E-state index is 0.227. The molecule has 2 aliphatic rings. The third-order valence-electron chi connectivity index (χ3n) is 5.64. The van der Waals surface area contributed by atoms with Gasteiger partial charge in [-0.2, -0.15) is 0 Å². The van der Waals surface area contributed by atoms with Crippen LogP contribution < -0.4 is 10.2 Å². The monoisotopic (exact) mass is 389 g/mol. The maximum absolute atomic E-state index is 5.58. The summed E-state index contributed by atoms with van der Waals surface area (Å²) >= 11 is 0. The molecule has 2 saturated heterocycles. The molecular formula is C21H35N5O2. The predicted octanol–water partition coefficient (Wildman–Crippen LogP) is 1.86. The second-order valence-corrected chi connectivity index (χ2v) is 7.93. The average Bonchev–Trinajstić information content (AvgIpc) is 2.73. The fraction of sp³-hybridized carbons (Fsp3) is 0.714. The Kier molecular flexibility index (Phi) is 7.91. The first-order valence-electron chi connectivity index (χ1n) is 10.5. The zero-order valence-corrected chi connectivity index (χ0v) is 17.5. The van der Waals surface area contributed by atoms with Gasteiger partial charge in [0.05, 0.1) is 6.61 Å². The lowest BCUT2D eigenvalue weighted by Crippen LogP contribution is -2.54. The number of ether oxygens (including phenoxy) is 2. The highest BCUT2D eigenvalue weighted by molar-refractivity contribution is 5.80. The van der Waals surface area contributed by atoms with Crippen LogP contribution >= 0.6 is 0 Å². The molecule has 3 heterocycles. The maximum Gasteiger partial charge on any atom is 0.194 e. The SMILES string of the molecule is COCC(C)NC(=NCC1CCOCC1C)N1CCN(c2ccccn2)CC1. The van der Waals surface area contributed by atoms with Gasteiger partial charge in [-0.3, -0.25) is 4.99 Å². The molecule has 0 saturated carbocycles. The van der Waals surface area contributed by atoms with E-state index in [-0.39, 0.29) is 6.04 Å². The minimum atomic E-state index is 0.227. The van der Waals surface area contributed by atoms with E-state index in [1.807, 2.05) is 18.3 Å². The Balaban J connectivity index is 1.62. The van der Waals surface area contributed by atoms with Crippen molar-refractivity contribution in [1.82, 2.24) is 15.2 Å². The number of aliphatic imine (C=N–C) groups is 1. The molecule has 3 unspecified atom stereocenters. The smallest absolute Gasteiger partial charge is 0.194 e. The van der Waals surface area contributed by atoms with Crippen LogP contribution in [0.1, 0.15) is 20.3 Å². The summed E-state index contributed by atoms with van der Waals surface area (Å²) in [6, 6.07) is 6.31. The summed E-state index contributed by atoms with van der Waals surface area (Å²) in [6.45, 7) is 11.4. The van der Waals surface area contributed by atoms with Gasteiger partial charge in [0.15, 0.2) is 5.96 Å². The molecule has 0 bridgehead atoms. The zero-order valence-electron chi connectivity index (χ0n) is 17.5. The number of hydrogen-bond donors (Lipinski definition) is 1. The van der Waals surface area contributed by atoms with E-state index in [1.54, 1.807) is 7.11 Å². The summed E-state index contributed by atoms with van der Waals surface area (Å²) < 4.78 is 10.9. The first kappa shape index (κ1) is 20.9. The van der Waals surface area contributed by atoms with Gasteiger partial charge in [-0.05, 0) is 37.3 Å². The van der Waals surface area contributed by atoms with Crippen LogP contribution in [-0.2, 0) is 9.47 Å². The second kappa shape index (κ2) is 10.6. The molecule has 2 fully saturated rings. The Morgan fingerprint density at radius 2 is 2.18 bits per heavy atom. The first-order chi connectivity index (χ1) is 13.7. The van der Waals surface area contributed by atoms with E-state index in [0.29, 0.717) is 18.4 Å². The van der Waals surface area contributed by atoms with Crippen LogP contribution in [0.4, 0.5) is 5.82 Å². The summed E-state index contributed by atoms with van der Waals surface area (Å²) in [5.41, 5.74) is 0. The third-order valence-corrected chi connectivity index (χ3v) is 5.64. The number of guanidine groups is 1. The summed E-state index contributed by atoms with van der Waals surface area (Å²) in [5.74, 6) is 3.22. The number of nitrogens with zero attached hydrogens (tertiary/aromatic N) is 4. The van der Waals surface area contributed by atoms with E-state index in [1.165, 1.54) is 0 Å². The first-order valence-corrected chi connectivity index (χ1v) is 10.5. The number of aromatic nitrogens is 1. The fourth-order valence-corrected chi connectivity index (χ4v) is 3.84. The molecular weight excluding hydrogens is 354 g/mol. The number of nitrogens with one attached hydrogen (secondary N) is 1. The van der Waals surface area contributed by atoms with Gasteiger partial charge >= 0.3 is 0 Å². The molecule has 0 amide bonds. The van der Waals surface area contributed by atoms with Crippen LogP contribution in [0.5, 0.6) is 0 Å². The fourth-order valence-electron chi connectivity index (χ4n) is 3.84. The second-order valence-electron chi connectivity index (χ2n) is 7.93. The number of anilines is 1. The summed E-state index contributed by atoms with van der Waals surface area (Å²) in [4.78, 5) is 14.2. The number of piperazine rings is 1. The van der Waals surface area contributed by atoms with Crippen molar-refractivity contribution in [2.75, 3.05) is 64.6 Å². The van der Waals surface area contributed by atoms with Crippen molar-refractivity contribution in [3.63, 3.8) is 0 Å². The largest absolute Gasteiger partial charge is 0.383 e. The highest BCUT2D eigenvalue weighted by Gasteiger charge is 2.24. The van der Waals surface area contributed by atoms with E-state index in [9.17, 15) is 0 Å². The topological polar surface area (TPSA) is 62.2 Å². The lowest BCUT2D eigenvalue weighted by Gasteiger charge is -2.38. The van der Waals surface area contributed by atoms with Gasteiger partial charge < -0.3 is 24.6 Å². The Bertz CT molecular complexity index is 604. The van der Waals surface area contributed by atoms with Crippen LogP contribution in [0.25, 0.3) is 0 Å². The van der Waals surface area contributed by atoms with Crippen molar-refractivity contribution in [1.29, 1.82) is 0 Å². The molecule has 0 radical (unpaired) electrons. The van der Waals surface area contributed by atoms with Crippen molar-refractivity contribution in [2.45, 2.75) is 26.3 Å². The molecule has 1 N–H and O–H groups in total. The lowest BCUT2D eigenvalue weighted by atomic mass is 9.90. The molecule has 2 aliphatic heterocycles. The highest BCUT2D eigenvalue weighted by atomic mass is 16.5. The van der Waals surface area contributed by atoms with Crippen molar-refractivity contribution >= 4 is 11.8 Å². The molecule has 3 rings (SSSR count). The standard InChI is InChI=1S/C21H35N5O2/c1-17-15-28-13-7-19(17)14-23-21(24-18(2)16-27-3)26-11-9-25(10-12-26)20-6-4-5-8-22-20/h4-6,8,17-19H,7,9-16H2,1-3H3,(H,23,24). The number of pyridine rings is 1. The minimum Gasteiger partial charge on any atom is -0.383 e. The third kappa shape index (κ3) is 5.82. The van der Waals surface area contributed by atoms with Crippen molar-refractivity contribution < 1.29 is 9.47 Å². The lowest BCUT2D eigenvalue weighted by molar-refractivity contribution is 0.0272. The van der Waals surface area contributed by atoms with Gasteiger partial charge in [-0.25, -0.2) is 4.98 Å². The van der Waals surface area contributed by atoms with Gasteiger partial charge in [-0.1, -0.05) is 13.0 Å². The molecule has 7 nitrogen and oxygen atoms in total. The molecule has 7 heteroatoms. The van der Waals surface area contributed by atoms with Gasteiger partial charge in [-0.15, -0.1) is 0 Å². The summed E-state index contributed by atoms with van der Waals surface area (Å²) in [7, 11) is 1.74. The van der Waals surface area contributed by atoms with E-state index in [4.69, 9.17) is 14.5 Å². The maximum atomic E-state index is 5.58. The van der Waals surface area contributed by atoms with Gasteiger partial charge in [0.2, 0.25) is 0 Å². The Morgan fingerprint density at radius 3 is 2.86 bits per heavy atom. The molecule has 1 aromatic rings. The van der Waals surface area contributed by atoms with E-state index in [0.717, 1.165) is 64.1 Å². The van der Waals surface area contributed by atoms with Gasteiger partial charge in [0.1, 0.15) is 5.82 Å². The van der Waals surface area contributed by atoms with Crippen LogP contribution in [0.2, 0.25) is 0 Å². The van der Waals surface area contributed by atoms with E-state index in [2.05, 4.69) is 40.0 Å². The molecule has 0 spiro atoms. The number of hydrogen-bond acceptors (Lipinski definition) is 5. The normalized spacial score (nSPS) is 24.9. The van der Waals surface area contributed by atoms with E-state index >= 15 is 0 Å². The van der Waals surface area contributed by atoms with Crippen LogP contribution in [0.3, 0.4) is 0 Å². The quantitative estimate of drug-likeness (QED) is 0.592. The van der Waals surface area contributed by atoms with Crippen molar-refractivity contribution in [2.24, 2.45) is 16.8 Å². The molecule has 1 aromatic heterocycles. The molecule has 3 atom stereocenters. The van der Waals surface area contributed by atoms with E-state index < -0.39 is 0 Å². The number of rotatable bonds is 6. The van der Waals surface area contributed by atoms with Crippen molar-refractivity contribution in [3.8, 4) is 0 Å². The molecule has 0 aromatic carbocycles. The number of methoxy groups -OCH3 is 1. The van der Waals surface area contributed by atoms with Crippen LogP contribution in [0, 0.1) is 11.8 Å². The zero-order chi connectivity index (χ0) is 19.8. The summed E-state index contributed by atoms with van der Waals surface area (Å²) in [6.07, 6.45) is 2.96. The summed E-state index contributed by atoms with van der Waals surface area (Å²) in [5, 5.41) is 3.58. The Labute approximate surface area is 169 Å². The average molecular weight is 390 g/mol. The molecule has 156 valence electrons. The van der Waals surface area contributed by atoms with Gasteiger partial charge in [0, 0.05) is 65.3 Å². The Morgan fingerprint density at radius 1 is 1.36 bits per heavy atom.